The summed E-state index contributed by atoms with van der Waals surface area (Å²) in [6.45, 7) is 10.2. The summed E-state index contributed by atoms with van der Waals surface area (Å²) in [7, 11) is 4.30. The highest BCUT2D eigenvalue weighted by Crippen LogP contribution is 2.00. The molecule has 18 heavy (non-hydrogen) atoms. The predicted molar refractivity (Wildman–Crippen MR) is 85.9 cm³/mol. The van der Waals surface area contributed by atoms with Crippen molar-refractivity contribution in [3.63, 3.8) is 0 Å². The van der Waals surface area contributed by atoms with Crippen molar-refractivity contribution in [3.05, 3.63) is 0 Å². The fourth-order valence-corrected chi connectivity index (χ4v) is 2.36. The SMILES string of the molecule is CN1CCN(CC(=S)S)CC1.CN1CCNCC1. The van der Waals surface area contributed by atoms with Crippen LogP contribution in [0, 0.1) is 0 Å². The second-order valence-corrected chi connectivity index (χ2v) is 6.36. The van der Waals surface area contributed by atoms with E-state index in [4.69, 9.17) is 12.2 Å². The van der Waals surface area contributed by atoms with Crippen LogP contribution < -0.4 is 5.32 Å². The van der Waals surface area contributed by atoms with Crippen molar-refractivity contribution < 1.29 is 0 Å². The highest BCUT2D eigenvalue weighted by molar-refractivity contribution is 8.11. The van der Waals surface area contributed by atoms with E-state index in [1.54, 1.807) is 0 Å². The van der Waals surface area contributed by atoms with Gasteiger partial charge in [0, 0.05) is 58.9 Å². The lowest BCUT2D eigenvalue weighted by Gasteiger charge is -2.31. The zero-order valence-electron chi connectivity index (χ0n) is 11.6. The summed E-state index contributed by atoms with van der Waals surface area (Å²) in [6, 6.07) is 0. The highest BCUT2D eigenvalue weighted by Gasteiger charge is 2.13. The van der Waals surface area contributed by atoms with Crippen LogP contribution in [-0.2, 0) is 0 Å². The van der Waals surface area contributed by atoms with Crippen LogP contribution in [0.4, 0.5) is 0 Å². The Morgan fingerprint density at radius 1 is 1.00 bits per heavy atom. The van der Waals surface area contributed by atoms with Gasteiger partial charge in [0.15, 0.2) is 0 Å². The van der Waals surface area contributed by atoms with Crippen molar-refractivity contribution in [1.29, 1.82) is 0 Å². The Labute approximate surface area is 122 Å². The second-order valence-electron chi connectivity index (χ2n) is 5.03. The van der Waals surface area contributed by atoms with Crippen LogP contribution in [0.15, 0.2) is 0 Å². The average molecular weight is 291 g/mol. The van der Waals surface area contributed by atoms with E-state index in [1.807, 2.05) is 0 Å². The first kappa shape index (κ1) is 16.3. The van der Waals surface area contributed by atoms with Gasteiger partial charge in [0.05, 0.1) is 4.20 Å². The lowest BCUT2D eigenvalue weighted by molar-refractivity contribution is 0.171. The molecule has 0 aromatic heterocycles. The van der Waals surface area contributed by atoms with Crippen molar-refractivity contribution >= 4 is 29.0 Å². The molecule has 2 aliphatic rings. The minimum absolute atomic E-state index is 0.801. The molecule has 0 aliphatic carbocycles. The summed E-state index contributed by atoms with van der Waals surface area (Å²) < 4.78 is 0.801. The normalized spacial score (nSPS) is 23.3. The lowest BCUT2D eigenvalue weighted by Crippen LogP contribution is -2.45. The largest absolute Gasteiger partial charge is 0.314 e. The molecule has 0 radical (unpaired) electrons. The van der Waals surface area contributed by atoms with Crippen molar-refractivity contribution in [2.45, 2.75) is 0 Å². The molecule has 2 rings (SSSR count). The number of piperazine rings is 2. The van der Waals surface area contributed by atoms with E-state index >= 15 is 0 Å². The molecule has 2 fully saturated rings. The molecule has 0 bridgehead atoms. The number of rotatable bonds is 2. The summed E-state index contributed by atoms with van der Waals surface area (Å²) in [5, 5.41) is 3.27. The summed E-state index contributed by atoms with van der Waals surface area (Å²) >= 11 is 9.02. The molecular formula is C12H26N4S2. The summed E-state index contributed by atoms with van der Waals surface area (Å²) in [4.78, 5) is 7.00. The molecule has 1 N–H and O–H groups in total. The third-order valence-corrected chi connectivity index (χ3v) is 3.57. The van der Waals surface area contributed by atoms with Gasteiger partial charge in [-0.1, -0.05) is 12.2 Å². The van der Waals surface area contributed by atoms with Crippen LogP contribution >= 0.6 is 24.8 Å². The molecule has 2 saturated heterocycles. The quantitative estimate of drug-likeness (QED) is 0.551. The molecule has 0 aromatic rings. The van der Waals surface area contributed by atoms with Gasteiger partial charge < -0.3 is 15.1 Å². The molecule has 0 atom stereocenters. The number of thiocarbonyl (C=S) groups is 1. The Morgan fingerprint density at radius 2 is 1.50 bits per heavy atom. The van der Waals surface area contributed by atoms with E-state index in [-0.39, 0.29) is 0 Å². The van der Waals surface area contributed by atoms with Crippen LogP contribution in [0.3, 0.4) is 0 Å². The molecule has 0 spiro atoms. The van der Waals surface area contributed by atoms with E-state index in [9.17, 15) is 0 Å². The van der Waals surface area contributed by atoms with Crippen LogP contribution in [0.1, 0.15) is 0 Å². The van der Waals surface area contributed by atoms with Crippen molar-refractivity contribution in [3.8, 4) is 0 Å². The van der Waals surface area contributed by atoms with Crippen LogP contribution in [0.5, 0.6) is 0 Å². The number of thiol groups is 1. The fraction of sp³-hybridized carbons (Fsp3) is 0.917. The predicted octanol–water partition coefficient (Wildman–Crippen LogP) is 0.0124. The minimum atomic E-state index is 0.801. The number of hydrogen-bond donors (Lipinski definition) is 2. The van der Waals surface area contributed by atoms with Gasteiger partial charge >= 0.3 is 0 Å². The Balaban J connectivity index is 0.000000199. The first-order valence-corrected chi connectivity index (χ1v) is 7.45. The number of nitrogens with one attached hydrogen (secondary N) is 1. The van der Waals surface area contributed by atoms with Gasteiger partial charge in [-0.15, -0.1) is 12.6 Å². The standard InChI is InChI=1S/C7H14N2S2.C5H12N2/c1-8-2-4-9(5-3-8)6-7(10)11;1-7-4-2-6-3-5-7/h2-6H2,1H3,(H,10,11);6H,2-5H2,1H3. The Kier molecular flexibility index (Phi) is 8.37. The first-order chi connectivity index (χ1) is 8.58. The number of nitrogens with zero attached hydrogens (tertiary/aromatic N) is 3. The van der Waals surface area contributed by atoms with Gasteiger partial charge in [-0.3, -0.25) is 4.90 Å². The fourth-order valence-electron chi connectivity index (χ4n) is 1.97. The van der Waals surface area contributed by atoms with E-state index in [0.29, 0.717) is 0 Å². The average Bonchev–Trinajstić information content (AvgIpc) is 2.33. The Bertz CT molecular complexity index is 236. The molecule has 0 amide bonds. The zero-order chi connectivity index (χ0) is 13.4. The number of likely N-dealkylation sites (N-methyl/N-ethyl adjacent to an activating group) is 2. The first-order valence-electron chi connectivity index (χ1n) is 6.60. The highest BCUT2D eigenvalue weighted by atomic mass is 32.1. The molecule has 2 aliphatic heterocycles. The minimum Gasteiger partial charge on any atom is -0.314 e. The third kappa shape index (κ3) is 7.66. The van der Waals surface area contributed by atoms with Crippen molar-refractivity contribution in [1.82, 2.24) is 20.0 Å². The molecule has 0 unspecified atom stereocenters. The van der Waals surface area contributed by atoms with Gasteiger partial charge in [0.2, 0.25) is 0 Å². The molecule has 0 saturated carbocycles. The summed E-state index contributed by atoms with van der Waals surface area (Å²) in [5.74, 6) is 0. The Hall–Kier alpha value is 0.280. The van der Waals surface area contributed by atoms with Crippen molar-refractivity contribution in [2.75, 3.05) is 73.0 Å². The maximum atomic E-state index is 4.91. The lowest BCUT2D eigenvalue weighted by atomic mass is 10.3. The third-order valence-electron chi connectivity index (χ3n) is 3.30. The maximum absolute atomic E-state index is 4.91. The molecule has 106 valence electrons. The summed E-state index contributed by atoms with van der Waals surface area (Å²) in [6.07, 6.45) is 0. The van der Waals surface area contributed by atoms with E-state index in [1.165, 1.54) is 13.1 Å². The van der Waals surface area contributed by atoms with Gasteiger partial charge in [-0.05, 0) is 14.1 Å². The van der Waals surface area contributed by atoms with Gasteiger partial charge in [0.25, 0.3) is 0 Å². The topological polar surface area (TPSA) is 21.8 Å². The maximum Gasteiger partial charge on any atom is 0.0588 e. The van der Waals surface area contributed by atoms with E-state index in [2.05, 4.69) is 46.7 Å². The smallest absolute Gasteiger partial charge is 0.0588 e. The molecule has 4 nitrogen and oxygen atoms in total. The van der Waals surface area contributed by atoms with Crippen LogP contribution in [0.25, 0.3) is 0 Å². The van der Waals surface area contributed by atoms with Gasteiger partial charge in [0.1, 0.15) is 0 Å². The molecular weight excluding hydrogens is 264 g/mol. The monoisotopic (exact) mass is 290 g/mol. The summed E-state index contributed by atoms with van der Waals surface area (Å²) in [5.41, 5.74) is 0. The van der Waals surface area contributed by atoms with Gasteiger partial charge in [-0.2, -0.15) is 0 Å². The molecule has 2 heterocycles. The van der Waals surface area contributed by atoms with Crippen LogP contribution in [0.2, 0.25) is 0 Å². The molecule has 6 heteroatoms. The van der Waals surface area contributed by atoms with Crippen molar-refractivity contribution in [2.24, 2.45) is 0 Å². The van der Waals surface area contributed by atoms with Crippen LogP contribution in [-0.4, -0.2) is 91.9 Å². The zero-order valence-corrected chi connectivity index (χ0v) is 13.3. The number of hydrogen-bond acceptors (Lipinski definition) is 5. The van der Waals surface area contributed by atoms with Gasteiger partial charge in [-0.25, -0.2) is 0 Å². The Morgan fingerprint density at radius 3 is 1.89 bits per heavy atom. The van der Waals surface area contributed by atoms with E-state index < -0.39 is 0 Å². The second kappa shape index (κ2) is 9.23. The molecule has 0 aromatic carbocycles. The van der Waals surface area contributed by atoms with E-state index in [0.717, 1.165) is 50.0 Å².